The summed E-state index contributed by atoms with van der Waals surface area (Å²) in [5.41, 5.74) is 1.24. The Labute approximate surface area is 133 Å². The second kappa shape index (κ2) is 5.87. The van der Waals surface area contributed by atoms with Crippen LogP contribution in [-0.4, -0.2) is 35.1 Å². The van der Waals surface area contributed by atoms with E-state index in [0.717, 1.165) is 5.56 Å². The summed E-state index contributed by atoms with van der Waals surface area (Å²) in [6.07, 6.45) is 0.958. The van der Waals surface area contributed by atoms with Gasteiger partial charge in [-0.25, -0.2) is 9.78 Å². The molecule has 1 heterocycles. The number of fused-ring (bicyclic) bond motifs is 2. The molecule has 1 aromatic heterocycles. The van der Waals surface area contributed by atoms with Crippen molar-refractivity contribution < 1.29 is 24.2 Å². The maximum Gasteiger partial charge on any atom is 0.357 e. The fraction of sp³-hybridized carbons (Fsp3) is 0.353. The Morgan fingerprint density at radius 1 is 1.26 bits per heavy atom. The lowest BCUT2D eigenvalue weighted by atomic mass is 10.0. The number of Topliss-reactive ketones (excluding diaryl/α,β-unsaturated/α-hetero) is 1. The summed E-state index contributed by atoms with van der Waals surface area (Å²) in [6, 6.07) is 3.36. The molecule has 1 aliphatic carbocycles. The fourth-order valence-corrected chi connectivity index (χ4v) is 2.86. The van der Waals surface area contributed by atoms with Crippen molar-refractivity contribution in [2.45, 2.75) is 26.7 Å². The summed E-state index contributed by atoms with van der Waals surface area (Å²) >= 11 is 0. The topological polar surface area (TPSA) is 85.7 Å². The van der Waals surface area contributed by atoms with Crippen LogP contribution in [0.1, 0.15) is 46.7 Å². The molecule has 0 aliphatic heterocycles. The zero-order valence-electron chi connectivity index (χ0n) is 13.0. The van der Waals surface area contributed by atoms with Crippen LogP contribution in [0.2, 0.25) is 0 Å². The number of rotatable bonds is 4. The number of carbonyl (C=O) groups is 2. The van der Waals surface area contributed by atoms with Gasteiger partial charge in [0.2, 0.25) is 5.88 Å². The average Bonchev–Trinajstić information content (AvgIpc) is 2.89. The van der Waals surface area contributed by atoms with Gasteiger partial charge in [0.15, 0.2) is 11.5 Å². The first-order chi connectivity index (χ1) is 11.1. The van der Waals surface area contributed by atoms with Crippen molar-refractivity contribution in [3.63, 3.8) is 0 Å². The normalized spacial score (nSPS) is 13.2. The van der Waals surface area contributed by atoms with Gasteiger partial charge >= 0.3 is 5.97 Å². The molecule has 1 N–H and O–H groups in total. The van der Waals surface area contributed by atoms with Crippen LogP contribution in [-0.2, 0) is 11.2 Å². The van der Waals surface area contributed by atoms with E-state index in [2.05, 4.69) is 4.98 Å². The summed E-state index contributed by atoms with van der Waals surface area (Å²) in [7, 11) is 0. The van der Waals surface area contributed by atoms with Gasteiger partial charge in [0.25, 0.3) is 0 Å². The van der Waals surface area contributed by atoms with E-state index in [1.54, 1.807) is 19.9 Å². The molecular weight excluding hydrogens is 298 g/mol. The van der Waals surface area contributed by atoms with Gasteiger partial charge in [-0.15, -0.1) is 0 Å². The molecule has 6 heteroatoms. The highest BCUT2D eigenvalue weighted by atomic mass is 16.5. The van der Waals surface area contributed by atoms with Gasteiger partial charge in [-0.1, -0.05) is 0 Å². The number of hydrogen-bond donors (Lipinski definition) is 1. The highest BCUT2D eigenvalue weighted by Gasteiger charge is 2.27. The molecule has 3 rings (SSSR count). The molecule has 6 nitrogen and oxygen atoms in total. The van der Waals surface area contributed by atoms with Crippen molar-refractivity contribution in [2.75, 3.05) is 13.2 Å². The smallest absolute Gasteiger partial charge is 0.357 e. The van der Waals surface area contributed by atoms with Crippen LogP contribution in [0.5, 0.6) is 11.6 Å². The Kier molecular flexibility index (Phi) is 3.90. The summed E-state index contributed by atoms with van der Waals surface area (Å²) in [6.45, 7) is 4.05. The van der Waals surface area contributed by atoms with E-state index in [1.165, 1.54) is 0 Å². The lowest BCUT2D eigenvalue weighted by Gasteiger charge is -2.13. The molecule has 0 unspecified atom stereocenters. The first-order valence-corrected chi connectivity index (χ1v) is 7.59. The number of benzene rings is 1. The van der Waals surface area contributed by atoms with Gasteiger partial charge in [0, 0.05) is 6.42 Å². The number of pyridine rings is 1. The average molecular weight is 315 g/mol. The summed E-state index contributed by atoms with van der Waals surface area (Å²) in [4.78, 5) is 28.1. The molecule has 23 heavy (non-hydrogen) atoms. The minimum absolute atomic E-state index is 0.0867. The summed E-state index contributed by atoms with van der Waals surface area (Å²) in [5, 5.41) is 11.5. The molecular formula is C17H17NO5. The highest BCUT2D eigenvalue weighted by Crippen LogP contribution is 2.40. The number of aromatic hydroxyl groups is 1. The molecule has 0 amide bonds. The number of nitrogens with zero attached hydrogens (tertiary/aromatic N) is 1. The molecule has 0 spiro atoms. The molecule has 0 bridgehead atoms. The zero-order valence-corrected chi connectivity index (χ0v) is 13.0. The van der Waals surface area contributed by atoms with E-state index >= 15 is 0 Å². The molecule has 2 aromatic rings. The molecule has 0 saturated carbocycles. The fourth-order valence-electron chi connectivity index (χ4n) is 2.86. The third-order valence-electron chi connectivity index (χ3n) is 3.81. The molecule has 1 aromatic carbocycles. The predicted octanol–water partition coefficient (Wildman–Crippen LogP) is 2.64. The minimum atomic E-state index is -0.550. The van der Waals surface area contributed by atoms with Gasteiger partial charge in [-0.3, -0.25) is 4.79 Å². The standard InChI is InChI=1S/C17H17NO5/c1-3-22-16-14-10(8-11(18-16)17(21)23-4-2)7-9-5-6-12(19)13(9)15(14)20/h7-8,20H,3-6H2,1-2H3. The number of ether oxygens (including phenoxy) is 2. The van der Waals surface area contributed by atoms with Crippen molar-refractivity contribution in [2.24, 2.45) is 0 Å². The van der Waals surface area contributed by atoms with Crippen molar-refractivity contribution in [1.82, 2.24) is 4.98 Å². The maximum absolute atomic E-state index is 12.0. The Morgan fingerprint density at radius 3 is 2.74 bits per heavy atom. The number of ketones is 1. The lowest BCUT2D eigenvalue weighted by Crippen LogP contribution is -2.09. The lowest BCUT2D eigenvalue weighted by molar-refractivity contribution is 0.0518. The largest absolute Gasteiger partial charge is 0.506 e. The number of hydrogen-bond acceptors (Lipinski definition) is 6. The molecule has 0 radical (unpaired) electrons. The third kappa shape index (κ3) is 2.50. The number of aryl methyl sites for hydroxylation is 1. The van der Waals surface area contributed by atoms with E-state index in [0.29, 0.717) is 35.8 Å². The van der Waals surface area contributed by atoms with Crippen molar-refractivity contribution in [1.29, 1.82) is 0 Å². The Balaban J connectivity index is 2.27. The monoisotopic (exact) mass is 315 g/mol. The van der Waals surface area contributed by atoms with Crippen LogP contribution in [0.25, 0.3) is 10.8 Å². The molecule has 1 aliphatic rings. The number of aromatic nitrogens is 1. The maximum atomic E-state index is 12.0. The number of carbonyl (C=O) groups excluding carboxylic acids is 2. The molecule has 0 saturated heterocycles. The van der Waals surface area contributed by atoms with Crippen molar-refractivity contribution >= 4 is 22.5 Å². The van der Waals surface area contributed by atoms with Crippen LogP contribution in [0, 0.1) is 0 Å². The molecule has 120 valence electrons. The summed E-state index contributed by atoms with van der Waals surface area (Å²) < 4.78 is 10.5. The zero-order chi connectivity index (χ0) is 16.6. The van der Waals surface area contributed by atoms with E-state index < -0.39 is 5.97 Å². The van der Waals surface area contributed by atoms with E-state index in [9.17, 15) is 14.7 Å². The van der Waals surface area contributed by atoms with Gasteiger partial charge < -0.3 is 14.6 Å². The van der Waals surface area contributed by atoms with Crippen LogP contribution in [0.15, 0.2) is 12.1 Å². The van der Waals surface area contributed by atoms with E-state index in [-0.39, 0.29) is 29.7 Å². The van der Waals surface area contributed by atoms with E-state index in [1.807, 2.05) is 6.07 Å². The first kappa shape index (κ1) is 15.3. The van der Waals surface area contributed by atoms with Gasteiger partial charge in [-0.2, -0.15) is 0 Å². The predicted molar refractivity (Wildman–Crippen MR) is 83.2 cm³/mol. The van der Waals surface area contributed by atoms with Crippen LogP contribution < -0.4 is 4.74 Å². The third-order valence-corrected chi connectivity index (χ3v) is 3.81. The van der Waals surface area contributed by atoms with Crippen molar-refractivity contribution in [3.05, 3.63) is 29.0 Å². The number of phenolic OH excluding ortho intramolecular Hbond substituents is 1. The SMILES string of the molecule is CCOC(=O)c1cc2cc3c(c(O)c2c(OCC)n1)C(=O)CC3. The second-order valence-electron chi connectivity index (χ2n) is 5.25. The summed E-state index contributed by atoms with van der Waals surface area (Å²) in [5.74, 6) is -0.623. The molecule has 0 atom stereocenters. The van der Waals surface area contributed by atoms with Gasteiger partial charge in [-0.05, 0) is 43.4 Å². The van der Waals surface area contributed by atoms with Gasteiger partial charge in [0.1, 0.15) is 5.75 Å². The van der Waals surface area contributed by atoms with Gasteiger partial charge in [0.05, 0.1) is 24.2 Å². The Bertz CT molecular complexity index is 812. The molecule has 0 fully saturated rings. The number of phenols is 1. The first-order valence-electron chi connectivity index (χ1n) is 7.59. The van der Waals surface area contributed by atoms with Crippen LogP contribution >= 0.6 is 0 Å². The highest BCUT2D eigenvalue weighted by molar-refractivity contribution is 6.10. The van der Waals surface area contributed by atoms with E-state index in [4.69, 9.17) is 9.47 Å². The Morgan fingerprint density at radius 2 is 2.04 bits per heavy atom. The van der Waals surface area contributed by atoms with Crippen LogP contribution in [0.4, 0.5) is 0 Å². The number of esters is 1. The Hall–Kier alpha value is -2.63. The second-order valence-corrected chi connectivity index (χ2v) is 5.25. The van der Waals surface area contributed by atoms with Crippen LogP contribution in [0.3, 0.4) is 0 Å². The minimum Gasteiger partial charge on any atom is -0.506 e. The quantitative estimate of drug-likeness (QED) is 0.873. The van der Waals surface area contributed by atoms with Crippen molar-refractivity contribution in [3.8, 4) is 11.6 Å².